The van der Waals surface area contributed by atoms with Crippen LogP contribution in [0, 0.1) is 5.41 Å². The number of benzene rings is 1. The van der Waals surface area contributed by atoms with Gasteiger partial charge in [0, 0.05) is 19.2 Å². The number of nitrogens with two attached hydrogens (primary N) is 2. The predicted octanol–water partition coefficient (Wildman–Crippen LogP) is 2.42. The summed E-state index contributed by atoms with van der Waals surface area (Å²) in [6.07, 6.45) is 5.73. The SMILES string of the molecule is Nc1cc(N2CCCC(C/C=C/c3ccccc3)(C(=O)O)C2)nc(N)n1. The Morgan fingerprint density at radius 2 is 2.04 bits per heavy atom. The lowest BCUT2D eigenvalue weighted by Gasteiger charge is -2.40. The van der Waals surface area contributed by atoms with Crippen molar-refractivity contribution in [3.63, 3.8) is 0 Å². The van der Waals surface area contributed by atoms with Gasteiger partial charge in [-0.25, -0.2) is 0 Å². The zero-order valence-electron chi connectivity index (χ0n) is 14.5. The lowest BCUT2D eigenvalue weighted by molar-refractivity contribution is -0.149. The third-order valence-corrected chi connectivity index (χ3v) is 4.72. The molecule has 0 bridgehead atoms. The maximum atomic E-state index is 12.1. The summed E-state index contributed by atoms with van der Waals surface area (Å²) in [4.78, 5) is 22.1. The maximum absolute atomic E-state index is 12.1. The first-order chi connectivity index (χ1) is 12.5. The highest BCUT2D eigenvalue weighted by atomic mass is 16.4. The van der Waals surface area contributed by atoms with E-state index in [1.807, 2.05) is 47.4 Å². The van der Waals surface area contributed by atoms with Crippen LogP contribution in [-0.2, 0) is 4.79 Å². The summed E-state index contributed by atoms with van der Waals surface area (Å²) in [6.45, 7) is 1.07. The van der Waals surface area contributed by atoms with Crippen LogP contribution in [0.3, 0.4) is 0 Å². The van der Waals surface area contributed by atoms with Crippen LogP contribution in [0.1, 0.15) is 24.8 Å². The van der Waals surface area contributed by atoms with Gasteiger partial charge in [-0.05, 0) is 24.8 Å². The van der Waals surface area contributed by atoms with Crippen LogP contribution in [0.5, 0.6) is 0 Å². The summed E-state index contributed by atoms with van der Waals surface area (Å²) in [7, 11) is 0. The average Bonchev–Trinajstić information content (AvgIpc) is 2.62. The van der Waals surface area contributed by atoms with Crippen molar-refractivity contribution in [1.29, 1.82) is 0 Å². The number of aliphatic carboxylic acids is 1. The largest absolute Gasteiger partial charge is 0.481 e. The summed E-state index contributed by atoms with van der Waals surface area (Å²) in [5.74, 6) is 0.153. The molecule has 7 nitrogen and oxygen atoms in total. The Morgan fingerprint density at radius 3 is 2.73 bits per heavy atom. The number of hydrogen-bond donors (Lipinski definition) is 3. The quantitative estimate of drug-likeness (QED) is 0.755. The number of piperidine rings is 1. The van der Waals surface area contributed by atoms with Crippen molar-refractivity contribution in [3.8, 4) is 0 Å². The van der Waals surface area contributed by atoms with E-state index in [1.54, 1.807) is 6.07 Å². The molecule has 1 aromatic carbocycles. The van der Waals surface area contributed by atoms with Crippen molar-refractivity contribution in [2.75, 3.05) is 29.5 Å². The minimum absolute atomic E-state index is 0.0930. The van der Waals surface area contributed by atoms with E-state index in [2.05, 4.69) is 9.97 Å². The molecule has 1 atom stereocenters. The molecule has 2 heterocycles. The van der Waals surface area contributed by atoms with Crippen LogP contribution >= 0.6 is 0 Å². The molecule has 0 aliphatic carbocycles. The number of rotatable bonds is 5. The van der Waals surface area contributed by atoms with E-state index in [0.29, 0.717) is 31.7 Å². The number of aromatic nitrogens is 2. The molecule has 0 radical (unpaired) electrons. The molecule has 1 aliphatic rings. The monoisotopic (exact) mass is 353 g/mol. The van der Waals surface area contributed by atoms with Crippen molar-refractivity contribution < 1.29 is 9.90 Å². The standard InChI is InChI=1S/C19H23N5O2/c20-15-12-16(23-18(21)22-15)24-11-5-10-19(13-24,17(25)26)9-4-8-14-6-2-1-3-7-14/h1-4,6-8,12H,5,9-11,13H2,(H,25,26)(H4,20,21,22,23)/b8-4+. The van der Waals surface area contributed by atoms with E-state index >= 15 is 0 Å². The molecule has 1 unspecified atom stereocenters. The number of carboxylic acid groups (broad SMARTS) is 1. The van der Waals surface area contributed by atoms with Crippen LogP contribution in [0.4, 0.5) is 17.6 Å². The van der Waals surface area contributed by atoms with Gasteiger partial charge in [0.1, 0.15) is 11.6 Å². The van der Waals surface area contributed by atoms with Gasteiger partial charge < -0.3 is 21.5 Å². The summed E-state index contributed by atoms with van der Waals surface area (Å²) in [5.41, 5.74) is 11.6. The lowest BCUT2D eigenvalue weighted by Crippen LogP contribution is -2.48. The van der Waals surface area contributed by atoms with Crippen molar-refractivity contribution in [1.82, 2.24) is 9.97 Å². The van der Waals surface area contributed by atoms with E-state index in [-0.39, 0.29) is 11.8 Å². The van der Waals surface area contributed by atoms with E-state index in [0.717, 1.165) is 12.0 Å². The lowest BCUT2D eigenvalue weighted by atomic mass is 9.77. The Morgan fingerprint density at radius 1 is 1.27 bits per heavy atom. The first-order valence-corrected chi connectivity index (χ1v) is 8.58. The summed E-state index contributed by atoms with van der Waals surface area (Å²) < 4.78 is 0. The molecule has 1 aromatic heterocycles. The molecule has 5 N–H and O–H groups in total. The van der Waals surface area contributed by atoms with Gasteiger partial charge in [-0.3, -0.25) is 4.79 Å². The van der Waals surface area contributed by atoms with Gasteiger partial charge in [0.15, 0.2) is 0 Å². The Balaban J connectivity index is 1.79. The van der Waals surface area contributed by atoms with Crippen LogP contribution in [0.15, 0.2) is 42.5 Å². The fourth-order valence-corrected chi connectivity index (χ4v) is 3.37. The Hall–Kier alpha value is -3.09. The number of nitrogen functional groups attached to an aromatic ring is 2. The van der Waals surface area contributed by atoms with Gasteiger partial charge >= 0.3 is 5.97 Å². The van der Waals surface area contributed by atoms with Gasteiger partial charge in [0.2, 0.25) is 5.95 Å². The third-order valence-electron chi connectivity index (χ3n) is 4.72. The zero-order valence-corrected chi connectivity index (χ0v) is 14.5. The maximum Gasteiger partial charge on any atom is 0.311 e. The Bertz CT molecular complexity index is 789. The topological polar surface area (TPSA) is 118 Å². The van der Waals surface area contributed by atoms with Gasteiger partial charge in [0.25, 0.3) is 0 Å². The Kier molecular flexibility index (Phi) is 5.06. The molecular formula is C19H23N5O2. The molecule has 1 aliphatic heterocycles. The van der Waals surface area contributed by atoms with E-state index in [4.69, 9.17) is 11.5 Å². The molecule has 1 fully saturated rings. The molecule has 7 heteroatoms. The van der Waals surface area contributed by atoms with Crippen molar-refractivity contribution in [3.05, 3.63) is 48.0 Å². The number of anilines is 3. The Labute approximate surface area is 152 Å². The van der Waals surface area contributed by atoms with Gasteiger partial charge in [-0.1, -0.05) is 42.5 Å². The molecular weight excluding hydrogens is 330 g/mol. The van der Waals surface area contributed by atoms with Crippen LogP contribution in [0.25, 0.3) is 6.08 Å². The molecule has 0 spiro atoms. The van der Waals surface area contributed by atoms with Gasteiger partial charge in [-0.15, -0.1) is 0 Å². The van der Waals surface area contributed by atoms with Crippen LogP contribution < -0.4 is 16.4 Å². The number of carboxylic acids is 1. The molecule has 0 saturated carbocycles. The van der Waals surface area contributed by atoms with E-state index < -0.39 is 11.4 Å². The summed E-state index contributed by atoms with van der Waals surface area (Å²) in [6, 6.07) is 11.5. The smallest absolute Gasteiger partial charge is 0.311 e. The highest BCUT2D eigenvalue weighted by molar-refractivity contribution is 5.76. The van der Waals surface area contributed by atoms with Crippen LogP contribution in [-0.4, -0.2) is 34.1 Å². The number of nitrogens with zero attached hydrogens (tertiary/aromatic N) is 3. The molecule has 0 amide bonds. The van der Waals surface area contributed by atoms with Crippen LogP contribution in [0.2, 0.25) is 0 Å². The number of allylic oxidation sites excluding steroid dienone is 1. The summed E-state index contributed by atoms with van der Waals surface area (Å²) in [5, 5.41) is 9.92. The van der Waals surface area contributed by atoms with Gasteiger partial charge in [-0.2, -0.15) is 9.97 Å². The zero-order chi connectivity index (χ0) is 18.6. The summed E-state index contributed by atoms with van der Waals surface area (Å²) >= 11 is 0. The highest BCUT2D eigenvalue weighted by Crippen LogP contribution is 2.36. The predicted molar refractivity (Wildman–Crippen MR) is 102 cm³/mol. The van der Waals surface area contributed by atoms with Crippen molar-refractivity contribution >= 4 is 29.6 Å². The third kappa shape index (κ3) is 3.93. The number of carbonyl (C=O) groups is 1. The van der Waals surface area contributed by atoms with E-state index in [1.165, 1.54) is 0 Å². The second-order valence-electron chi connectivity index (χ2n) is 6.64. The van der Waals surface area contributed by atoms with Gasteiger partial charge in [0.05, 0.1) is 5.41 Å². The van der Waals surface area contributed by atoms with Crippen molar-refractivity contribution in [2.45, 2.75) is 19.3 Å². The fourth-order valence-electron chi connectivity index (χ4n) is 3.37. The molecule has 2 aromatic rings. The first kappa shape index (κ1) is 17.7. The second-order valence-corrected chi connectivity index (χ2v) is 6.64. The number of hydrogen-bond acceptors (Lipinski definition) is 6. The first-order valence-electron chi connectivity index (χ1n) is 8.58. The molecule has 136 valence electrons. The minimum atomic E-state index is -0.863. The van der Waals surface area contributed by atoms with E-state index in [9.17, 15) is 9.90 Å². The minimum Gasteiger partial charge on any atom is -0.481 e. The fraction of sp³-hybridized carbons (Fsp3) is 0.316. The highest BCUT2D eigenvalue weighted by Gasteiger charge is 2.42. The second kappa shape index (κ2) is 7.43. The average molecular weight is 353 g/mol. The molecule has 3 rings (SSSR count). The normalized spacial score (nSPS) is 20.4. The molecule has 1 saturated heterocycles. The molecule has 26 heavy (non-hydrogen) atoms. The van der Waals surface area contributed by atoms with Crippen molar-refractivity contribution in [2.24, 2.45) is 5.41 Å².